The van der Waals surface area contributed by atoms with E-state index < -0.39 is 22.8 Å². The number of carbonyl (C=O) groups is 1. The lowest BCUT2D eigenvalue weighted by Gasteiger charge is -2.21. The van der Waals surface area contributed by atoms with E-state index in [1.807, 2.05) is 6.92 Å². The molecule has 0 fully saturated rings. The van der Waals surface area contributed by atoms with E-state index >= 15 is 0 Å². The van der Waals surface area contributed by atoms with Gasteiger partial charge in [-0.3, -0.25) is 4.79 Å². The van der Waals surface area contributed by atoms with E-state index in [9.17, 15) is 19.1 Å². The summed E-state index contributed by atoms with van der Waals surface area (Å²) in [5, 5.41) is 10.4. The van der Waals surface area contributed by atoms with Crippen LogP contribution >= 0.6 is 23.2 Å². The predicted octanol–water partition coefficient (Wildman–Crippen LogP) is 5.96. The van der Waals surface area contributed by atoms with E-state index in [4.69, 9.17) is 23.2 Å². The Kier molecular flexibility index (Phi) is 5.82. The van der Waals surface area contributed by atoms with E-state index in [0.29, 0.717) is 22.8 Å². The molecule has 0 radical (unpaired) electrons. The molecule has 0 aliphatic heterocycles. The molecule has 4 nitrogen and oxygen atoms in total. The number of aromatic nitrogens is 1. The van der Waals surface area contributed by atoms with Crippen molar-refractivity contribution in [1.82, 2.24) is 4.57 Å². The normalized spacial score (nSPS) is 11.0. The summed E-state index contributed by atoms with van der Waals surface area (Å²) < 4.78 is 16.3. The first kappa shape index (κ1) is 21.1. The van der Waals surface area contributed by atoms with Crippen LogP contribution in [-0.2, 0) is 6.54 Å². The van der Waals surface area contributed by atoms with Gasteiger partial charge in [0.15, 0.2) is 0 Å². The molecule has 1 aromatic heterocycles. The molecule has 1 heterocycles. The number of aryl methyl sites for hydroxylation is 1. The molecule has 0 saturated carbocycles. The van der Waals surface area contributed by atoms with Crippen molar-refractivity contribution in [3.8, 4) is 22.4 Å². The molecule has 7 heteroatoms. The van der Waals surface area contributed by atoms with Crippen molar-refractivity contribution in [2.24, 2.45) is 0 Å². The highest BCUT2D eigenvalue weighted by Gasteiger charge is 2.26. The number of hydrogen-bond donors (Lipinski definition) is 1. The van der Waals surface area contributed by atoms with Gasteiger partial charge >= 0.3 is 5.97 Å². The molecule has 0 aliphatic rings. The summed E-state index contributed by atoms with van der Waals surface area (Å²) in [5.74, 6) is -1.98. The van der Waals surface area contributed by atoms with Crippen molar-refractivity contribution >= 4 is 29.2 Å². The fourth-order valence-corrected chi connectivity index (χ4v) is 3.82. The number of aromatic carboxylic acids is 1. The number of carboxylic acids is 1. The molecular weight excluding hydrogens is 416 g/mol. The fraction of sp³-hybridized carbons (Fsp3) is 0.182. The maximum Gasteiger partial charge on any atom is 0.341 e. The zero-order chi connectivity index (χ0) is 21.5. The molecule has 0 unspecified atom stereocenters. The summed E-state index contributed by atoms with van der Waals surface area (Å²) in [6.45, 7) is 5.64. The Bertz CT molecular complexity index is 1200. The third kappa shape index (κ3) is 3.68. The first-order valence-electron chi connectivity index (χ1n) is 8.90. The van der Waals surface area contributed by atoms with Crippen molar-refractivity contribution in [2.75, 3.05) is 0 Å². The topological polar surface area (TPSA) is 59.3 Å². The Hall–Kier alpha value is -2.63. The smallest absolute Gasteiger partial charge is 0.341 e. The van der Waals surface area contributed by atoms with Crippen molar-refractivity contribution in [3.05, 3.63) is 79.3 Å². The lowest BCUT2D eigenvalue weighted by molar-refractivity contribution is 0.0695. The lowest BCUT2D eigenvalue weighted by Crippen LogP contribution is -2.25. The van der Waals surface area contributed by atoms with Crippen LogP contribution in [0.5, 0.6) is 0 Å². The summed E-state index contributed by atoms with van der Waals surface area (Å²) in [4.78, 5) is 25.4. The zero-order valence-electron chi connectivity index (χ0n) is 16.0. The third-order valence-electron chi connectivity index (χ3n) is 4.84. The van der Waals surface area contributed by atoms with Crippen LogP contribution in [0.1, 0.15) is 28.5 Å². The van der Waals surface area contributed by atoms with Crippen LogP contribution in [0, 0.1) is 19.7 Å². The van der Waals surface area contributed by atoms with Crippen molar-refractivity contribution < 1.29 is 14.3 Å². The van der Waals surface area contributed by atoms with Gasteiger partial charge in [0.1, 0.15) is 11.4 Å². The molecule has 29 heavy (non-hydrogen) atoms. The first-order valence-corrected chi connectivity index (χ1v) is 9.65. The molecule has 0 amide bonds. The number of rotatable bonds is 4. The molecule has 0 saturated heterocycles. The van der Waals surface area contributed by atoms with E-state index in [0.717, 1.165) is 5.56 Å². The van der Waals surface area contributed by atoms with Gasteiger partial charge in [-0.25, -0.2) is 9.18 Å². The summed E-state index contributed by atoms with van der Waals surface area (Å²) >= 11 is 12.1. The highest BCUT2D eigenvalue weighted by atomic mass is 35.5. The van der Waals surface area contributed by atoms with Crippen LogP contribution in [0.25, 0.3) is 22.4 Å². The van der Waals surface area contributed by atoms with Gasteiger partial charge in [-0.2, -0.15) is 0 Å². The average Bonchev–Trinajstić information content (AvgIpc) is 2.66. The zero-order valence-corrected chi connectivity index (χ0v) is 17.5. The summed E-state index contributed by atoms with van der Waals surface area (Å²) in [6.07, 6.45) is 0. The Morgan fingerprint density at radius 1 is 1.10 bits per heavy atom. The molecule has 3 rings (SSSR count). The fourth-order valence-electron chi connectivity index (χ4n) is 3.52. The van der Waals surface area contributed by atoms with E-state index in [1.165, 1.54) is 12.1 Å². The Labute approximate surface area is 177 Å². The van der Waals surface area contributed by atoms with E-state index in [2.05, 4.69) is 0 Å². The third-order valence-corrected chi connectivity index (χ3v) is 5.58. The lowest BCUT2D eigenvalue weighted by atomic mass is 9.95. The van der Waals surface area contributed by atoms with Crippen LogP contribution in [-0.4, -0.2) is 15.6 Å². The highest BCUT2D eigenvalue weighted by molar-refractivity contribution is 6.42. The second kappa shape index (κ2) is 8.01. The molecule has 2 aromatic carbocycles. The van der Waals surface area contributed by atoms with Crippen LogP contribution in [0.3, 0.4) is 0 Å². The second-order valence-electron chi connectivity index (χ2n) is 6.67. The number of benzene rings is 2. The average molecular weight is 434 g/mol. The van der Waals surface area contributed by atoms with Crippen LogP contribution in [0.15, 0.2) is 41.2 Å². The molecule has 0 spiro atoms. The van der Waals surface area contributed by atoms with Gasteiger partial charge in [0, 0.05) is 23.4 Å². The monoisotopic (exact) mass is 433 g/mol. The van der Waals surface area contributed by atoms with Crippen molar-refractivity contribution in [2.45, 2.75) is 27.3 Å². The van der Waals surface area contributed by atoms with Gasteiger partial charge in [-0.15, -0.1) is 0 Å². The van der Waals surface area contributed by atoms with Gasteiger partial charge in [0.2, 0.25) is 5.43 Å². The number of hydrogen-bond acceptors (Lipinski definition) is 2. The van der Waals surface area contributed by atoms with Crippen LogP contribution in [0.2, 0.25) is 10.0 Å². The summed E-state index contributed by atoms with van der Waals surface area (Å²) in [6, 6.07) is 9.07. The summed E-state index contributed by atoms with van der Waals surface area (Å²) in [7, 11) is 0. The number of nitrogens with zero attached hydrogens (tertiary/aromatic N) is 1. The van der Waals surface area contributed by atoms with Crippen molar-refractivity contribution in [1.29, 1.82) is 0 Å². The molecule has 150 valence electrons. The number of pyridine rings is 1. The van der Waals surface area contributed by atoms with Crippen molar-refractivity contribution in [3.63, 3.8) is 0 Å². The number of halogens is 3. The predicted molar refractivity (Wildman–Crippen MR) is 114 cm³/mol. The highest BCUT2D eigenvalue weighted by Crippen LogP contribution is 2.33. The minimum atomic E-state index is -1.40. The van der Waals surface area contributed by atoms with Gasteiger partial charge in [0.05, 0.1) is 21.3 Å². The molecular formula is C22H18Cl2FNO3. The van der Waals surface area contributed by atoms with Gasteiger partial charge in [0.25, 0.3) is 0 Å². The minimum Gasteiger partial charge on any atom is -0.477 e. The van der Waals surface area contributed by atoms with Crippen LogP contribution in [0.4, 0.5) is 4.39 Å². The maximum atomic E-state index is 14.6. The van der Waals surface area contributed by atoms with Gasteiger partial charge in [-0.1, -0.05) is 40.9 Å². The van der Waals surface area contributed by atoms with Crippen LogP contribution < -0.4 is 5.43 Å². The first-order chi connectivity index (χ1) is 13.7. The standard InChI is InChI=1S/C22H18Cl2FNO3/c1-4-26-12(3)18(14-9-11(2)5-8-17(14)25)21(27)19(22(28)29)20(26)13-6-7-15(23)16(24)10-13/h5-10H,4H2,1-3H3,(H,28,29). The molecule has 0 bridgehead atoms. The minimum absolute atomic E-state index is 0.0364. The quantitative estimate of drug-likeness (QED) is 0.551. The molecule has 3 aromatic rings. The maximum absolute atomic E-state index is 14.6. The second-order valence-corrected chi connectivity index (χ2v) is 7.49. The Morgan fingerprint density at radius 3 is 2.38 bits per heavy atom. The molecule has 0 aliphatic carbocycles. The molecule has 1 N–H and O–H groups in total. The van der Waals surface area contributed by atoms with Gasteiger partial charge < -0.3 is 9.67 Å². The Balaban J connectivity index is 2.49. The van der Waals surface area contributed by atoms with Gasteiger partial charge in [-0.05, 0) is 45.0 Å². The Morgan fingerprint density at radius 2 is 1.79 bits per heavy atom. The van der Waals surface area contributed by atoms with E-state index in [1.54, 1.807) is 42.7 Å². The largest absolute Gasteiger partial charge is 0.477 e. The van der Waals surface area contributed by atoms with E-state index in [-0.39, 0.29) is 21.8 Å². The molecule has 0 atom stereocenters. The summed E-state index contributed by atoms with van der Waals surface area (Å²) in [5.41, 5.74) is 0.805. The number of carboxylic acid groups (broad SMARTS) is 1. The SMILES string of the molecule is CCn1c(C)c(-c2cc(C)ccc2F)c(=O)c(C(=O)O)c1-c1ccc(Cl)c(Cl)c1.